The third-order valence-corrected chi connectivity index (χ3v) is 4.29. The fourth-order valence-corrected chi connectivity index (χ4v) is 3.27. The molecule has 0 spiro atoms. The first-order valence-corrected chi connectivity index (χ1v) is 6.38. The van der Waals surface area contributed by atoms with Crippen LogP contribution in [0, 0.1) is 17.8 Å². The highest BCUT2D eigenvalue weighted by atomic mass is 19.1. The summed E-state index contributed by atoms with van der Waals surface area (Å²) in [5.74, 6) is 1.70. The van der Waals surface area contributed by atoms with Crippen molar-refractivity contribution in [3.8, 4) is 0 Å². The lowest BCUT2D eigenvalue weighted by Crippen LogP contribution is -2.37. The molecule has 0 bridgehead atoms. The molecular formula is C13H22FO. The van der Waals surface area contributed by atoms with E-state index in [0.29, 0.717) is 0 Å². The molecule has 0 aliphatic heterocycles. The standard InChI is InChI=1S/C13H22FO/c1-9-10(6-4-8-13(9)15)11-5-2-3-7-12(11)14/h9,11-13,15H,2-8H2,1H3. The summed E-state index contributed by atoms with van der Waals surface area (Å²) in [6.07, 6.45) is 6.08. The van der Waals surface area contributed by atoms with Gasteiger partial charge in [-0.25, -0.2) is 4.39 Å². The Labute approximate surface area is 92.1 Å². The number of hydrogen-bond acceptors (Lipinski definition) is 1. The molecule has 4 atom stereocenters. The highest BCUT2D eigenvalue weighted by Gasteiger charge is 2.39. The van der Waals surface area contributed by atoms with Crippen LogP contribution in [0.5, 0.6) is 0 Å². The lowest BCUT2D eigenvalue weighted by atomic mass is 9.67. The van der Waals surface area contributed by atoms with Crippen LogP contribution in [-0.4, -0.2) is 17.4 Å². The topological polar surface area (TPSA) is 20.2 Å². The zero-order valence-electron chi connectivity index (χ0n) is 9.58. The molecule has 4 unspecified atom stereocenters. The minimum atomic E-state index is -0.638. The SMILES string of the molecule is CC1[C](C2CCCCC2F)CCCC1O. The molecule has 15 heavy (non-hydrogen) atoms. The highest BCUT2D eigenvalue weighted by Crippen LogP contribution is 2.44. The molecule has 0 saturated heterocycles. The van der Waals surface area contributed by atoms with Crippen molar-refractivity contribution >= 4 is 0 Å². The van der Waals surface area contributed by atoms with Crippen molar-refractivity contribution in [2.75, 3.05) is 0 Å². The van der Waals surface area contributed by atoms with Gasteiger partial charge in [0.15, 0.2) is 0 Å². The Bertz CT molecular complexity index is 207. The highest BCUT2D eigenvalue weighted by molar-refractivity contribution is 5.08. The van der Waals surface area contributed by atoms with E-state index in [0.717, 1.165) is 44.9 Å². The Morgan fingerprint density at radius 3 is 2.60 bits per heavy atom. The summed E-state index contributed by atoms with van der Waals surface area (Å²) in [5, 5.41) is 9.82. The lowest BCUT2D eigenvalue weighted by molar-refractivity contribution is 0.0603. The molecule has 2 fully saturated rings. The maximum atomic E-state index is 13.8. The summed E-state index contributed by atoms with van der Waals surface area (Å²) < 4.78 is 13.8. The van der Waals surface area contributed by atoms with E-state index in [1.165, 1.54) is 5.92 Å². The van der Waals surface area contributed by atoms with E-state index >= 15 is 0 Å². The van der Waals surface area contributed by atoms with E-state index in [9.17, 15) is 9.50 Å². The number of hydrogen-bond donors (Lipinski definition) is 1. The second kappa shape index (κ2) is 4.82. The van der Waals surface area contributed by atoms with E-state index in [1.54, 1.807) is 0 Å². The molecule has 1 radical (unpaired) electrons. The van der Waals surface area contributed by atoms with E-state index < -0.39 is 6.17 Å². The second-order valence-corrected chi connectivity index (χ2v) is 5.23. The first kappa shape index (κ1) is 11.4. The zero-order valence-corrected chi connectivity index (χ0v) is 9.58. The van der Waals surface area contributed by atoms with Gasteiger partial charge in [-0.3, -0.25) is 0 Å². The van der Waals surface area contributed by atoms with Crippen LogP contribution >= 0.6 is 0 Å². The van der Waals surface area contributed by atoms with Gasteiger partial charge in [-0.2, -0.15) is 0 Å². The molecule has 2 saturated carbocycles. The first-order valence-electron chi connectivity index (χ1n) is 6.38. The predicted molar refractivity (Wildman–Crippen MR) is 59.1 cm³/mol. The number of aliphatic hydroxyl groups is 1. The maximum absolute atomic E-state index is 13.8. The summed E-state index contributed by atoms with van der Waals surface area (Å²) in [7, 11) is 0. The molecular weight excluding hydrogens is 191 g/mol. The third kappa shape index (κ3) is 2.35. The fraction of sp³-hybridized carbons (Fsp3) is 0.923. The molecule has 2 rings (SSSR count). The van der Waals surface area contributed by atoms with Crippen LogP contribution in [0.4, 0.5) is 4.39 Å². The summed E-state index contributed by atoms with van der Waals surface area (Å²) in [5.41, 5.74) is 0. The van der Waals surface area contributed by atoms with Crippen molar-refractivity contribution in [1.29, 1.82) is 0 Å². The molecule has 2 aliphatic rings. The monoisotopic (exact) mass is 213 g/mol. The number of halogens is 1. The van der Waals surface area contributed by atoms with Crippen LogP contribution in [-0.2, 0) is 0 Å². The van der Waals surface area contributed by atoms with Gasteiger partial charge in [-0.1, -0.05) is 26.2 Å². The normalized spacial score (nSPS) is 44.2. The van der Waals surface area contributed by atoms with Gasteiger partial charge < -0.3 is 5.11 Å². The molecule has 0 heterocycles. The van der Waals surface area contributed by atoms with Gasteiger partial charge in [0.05, 0.1) is 6.10 Å². The van der Waals surface area contributed by atoms with E-state index in [2.05, 4.69) is 6.92 Å². The molecule has 2 heteroatoms. The minimum Gasteiger partial charge on any atom is -0.393 e. The van der Waals surface area contributed by atoms with Crippen LogP contribution in [0.2, 0.25) is 0 Å². The van der Waals surface area contributed by atoms with E-state index in [1.807, 2.05) is 0 Å². The van der Waals surface area contributed by atoms with Crippen molar-refractivity contribution in [2.24, 2.45) is 11.8 Å². The van der Waals surface area contributed by atoms with Crippen LogP contribution in [0.25, 0.3) is 0 Å². The minimum absolute atomic E-state index is 0.156. The number of rotatable bonds is 1. The number of aliphatic hydroxyl groups excluding tert-OH is 1. The molecule has 0 amide bonds. The van der Waals surface area contributed by atoms with Crippen molar-refractivity contribution < 1.29 is 9.50 Å². The summed E-state index contributed by atoms with van der Waals surface area (Å²) in [6.45, 7) is 2.07. The third-order valence-electron chi connectivity index (χ3n) is 4.29. The average Bonchev–Trinajstić information content (AvgIpc) is 2.23. The fourth-order valence-electron chi connectivity index (χ4n) is 3.27. The van der Waals surface area contributed by atoms with E-state index in [4.69, 9.17) is 0 Å². The first-order chi connectivity index (χ1) is 7.20. The largest absolute Gasteiger partial charge is 0.393 e. The van der Waals surface area contributed by atoms with Crippen molar-refractivity contribution in [3.05, 3.63) is 5.92 Å². The van der Waals surface area contributed by atoms with Gasteiger partial charge >= 0.3 is 0 Å². The molecule has 0 aromatic carbocycles. The molecule has 0 aromatic heterocycles. The van der Waals surface area contributed by atoms with Crippen molar-refractivity contribution in [1.82, 2.24) is 0 Å². The van der Waals surface area contributed by atoms with Gasteiger partial charge in [-0.05, 0) is 43.4 Å². The lowest BCUT2D eigenvalue weighted by Gasteiger charge is -2.40. The second-order valence-electron chi connectivity index (χ2n) is 5.23. The Hall–Kier alpha value is -0.110. The molecule has 1 nitrogen and oxygen atoms in total. The van der Waals surface area contributed by atoms with Gasteiger partial charge in [0.25, 0.3) is 0 Å². The molecule has 87 valence electrons. The smallest absolute Gasteiger partial charge is 0.103 e. The molecule has 0 aromatic rings. The van der Waals surface area contributed by atoms with Gasteiger partial charge in [0.1, 0.15) is 6.17 Å². The van der Waals surface area contributed by atoms with Gasteiger partial charge in [0, 0.05) is 0 Å². The number of alkyl halides is 1. The zero-order chi connectivity index (χ0) is 10.8. The Morgan fingerprint density at radius 2 is 1.87 bits per heavy atom. The van der Waals surface area contributed by atoms with Crippen LogP contribution < -0.4 is 0 Å². The Morgan fingerprint density at radius 1 is 1.13 bits per heavy atom. The van der Waals surface area contributed by atoms with Crippen molar-refractivity contribution in [2.45, 2.75) is 64.1 Å². The summed E-state index contributed by atoms with van der Waals surface area (Å²) >= 11 is 0. The molecule has 2 aliphatic carbocycles. The summed E-state index contributed by atoms with van der Waals surface area (Å²) in [6, 6.07) is 0. The summed E-state index contributed by atoms with van der Waals surface area (Å²) in [4.78, 5) is 0. The van der Waals surface area contributed by atoms with Crippen molar-refractivity contribution in [3.63, 3.8) is 0 Å². The van der Waals surface area contributed by atoms with Crippen LogP contribution in [0.3, 0.4) is 0 Å². The van der Waals surface area contributed by atoms with Crippen LogP contribution in [0.15, 0.2) is 0 Å². The Kier molecular flexibility index (Phi) is 3.65. The predicted octanol–water partition coefficient (Wildman–Crippen LogP) is 3.27. The van der Waals surface area contributed by atoms with Crippen LogP contribution in [0.1, 0.15) is 51.9 Å². The quantitative estimate of drug-likeness (QED) is 0.708. The maximum Gasteiger partial charge on any atom is 0.103 e. The molecule has 1 N–H and O–H groups in total. The van der Waals surface area contributed by atoms with E-state index in [-0.39, 0.29) is 17.9 Å². The average molecular weight is 213 g/mol. The van der Waals surface area contributed by atoms with Gasteiger partial charge in [-0.15, -0.1) is 0 Å². The Balaban J connectivity index is 2.01. The van der Waals surface area contributed by atoms with Gasteiger partial charge in [0.2, 0.25) is 0 Å².